The molecule has 0 aromatic rings. The van der Waals surface area contributed by atoms with Gasteiger partial charge in [-0.15, -0.1) is 0 Å². The number of hydrogen-bond donors (Lipinski definition) is 2. The van der Waals surface area contributed by atoms with Crippen LogP contribution in [0.5, 0.6) is 0 Å². The molecule has 1 saturated heterocycles. The van der Waals surface area contributed by atoms with Crippen molar-refractivity contribution in [1.82, 2.24) is 14.7 Å². The minimum atomic E-state index is -0.898. The zero-order valence-corrected chi connectivity index (χ0v) is 11.4. The maximum atomic E-state index is 12.1. The van der Waals surface area contributed by atoms with Crippen LogP contribution in [-0.4, -0.2) is 89.8 Å². The SMILES string of the molecule is CN(CCC(=O)O)C(=O)N1CCCN(CCO)CC1. The summed E-state index contributed by atoms with van der Waals surface area (Å²) in [6.07, 6.45) is 0.839. The monoisotopic (exact) mass is 273 g/mol. The first-order valence-electron chi connectivity index (χ1n) is 6.59. The number of aliphatic hydroxyl groups is 1. The van der Waals surface area contributed by atoms with Gasteiger partial charge in [-0.1, -0.05) is 0 Å². The number of carbonyl (C=O) groups is 2. The Bertz CT molecular complexity index is 311. The summed E-state index contributed by atoms with van der Waals surface area (Å²) < 4.78 is 0. The quantitative estimate of drug-likeness (QED) is 0.706. The Morgan fingerprint density at radius 1 is 1.21 bits per heavy atom. The van der Waals surface area contributed by atoms with Gasteiger partial charge >= 0.3 is 12.0 Å². The predicted octanol–water partition coefficient (Wildman–Crippen LogP) is -0.487. The van der Waals surface area contributed by atoms with Gasteiger partial charge in [0.25, 0.3) is 0 Å². The molecule has 110 valence electrons. The Hall–Kier alpha value is -1.34. The largest absolute Gasteiger partial charge is 0.481 e. The maximum absolute atomic E-state index is 12.1. The van der Waals surface area contributed by atoms with E-state index < -0.39 is 5.97 Å². The average molecular weight is 273 g/mol. The Labute approximate surface area is 113 Å². The summed E-state index contributed by atoms with van der Waals surface area (Å²) in [5.41, 5.74) is 0. The lowest BCUT2D eigenvalue weighted by Crippen LogP contribution is -2.43. The first-order chi connectivity index (χ1) is 9.04. The van der Waals surface area contributed by atoms with E-state index in [9.17, 15) is 9.59 Å². The maximum Gasteiger partial charge on any atom is 0.319 e. The van der Waals surface area contributed by atoms with E-state index in [0.29, 0.717) is 19.6 Å². The molecule has 0 spiro atoms. The molecule has 0 aliphatic carbocycles. The van der Waals surface area contributed by atoms with Gasteiger partial charge in [-0.3, -0.25) is 9.69 Å². The number of β-amino-alcohol motifs (C(OH)–C–C–N with tert-alkyl or cyclic N) is 1. The molecule has 0 bridgehead atoms. The molecule has 1 aliphatic heterocycles. The first kappa shape index (κ1) is 15.7. The Kier molecular flexibility index (Phi) is 6.58. The standard InChI is InChI=1S/C12H23N3O4/c1-13(6-3-11(17)18)12(19)15-5-2-4-14(7-8-15)9-10-16/h16H,2-10H2,1H3,(H,17,18). The normalized spacial score (nSPS) is 17.1. The lowest BCUT2D eigenvalue weighted by Gasteiger charge is -2.27. The number of carboxylic acids is 1. The van der Waals surface area contributed by atoms with Gasteiger partial charge in [0.05, 0.1) is 13.0 Å². The zero-order chi connectivity index (χ0) is 14.3. The summed E-state index contributed by atoms with van der Waals surface area (Å²) in [5.74, 6) is -0.898. The second-order valence-corrected chi connectivity index (χ2v) is 4.75. The smallest absolute Gasteiger partial charge is 0.319 e. The third-order valence-corrected chi connectivity index (χ3v) is 3.26. The van der Waals surface area contributed by atoms with Crippen LogP contribution in [0.1, 0.15) is 12.8 Å². The summed E-state index contributed by atoms with van der Waals surface area (Å²) >= 11 is 0. The van der Waals surface area contributed by atoms with Gasteiger partial charge < -0.3 is 20.0 Å². The van der Waals surface area contributed by atoms with Crippen LogP contribution >= 0.6 is 0 Å². The summed E-state index contributed by atoms with van der Waals surface area (Å²) in [7, 11) is 1.63. The molecule has 19 heavy (non-hydrogen) atoms. The molecule has 1 aliphatic rings. The first-order valence-corrected chi connectivity index (χ1v) is 6.59. The van der Waals surface area contributed by atoms with Gasteiger partial charge in [-0.25, -0.2) is 4.79 Å². The number of aliphatic carboxylic acids is 1. The molecule has 2 amide bonds. The van der Waals surface area contributed by atoms with E-state index in [1.54, 1.807) is 11.9 Å². The third-order valence-electron chi connectivity index (χ3n) is 3.26. The van der Waals surface area contributed by atoms with Gasteiger partial charge in [0, 0.05) is 39.8 Å². The molecule has 0 saturated carbocycles. The number of nitrogens with zero attached hydrogens (tertiary/aromatic N) is 3. The summed E-state index contributed by atoms with van der Waals surface area (Å²) in [5, 5.41) is 17.5. The fourth-order valence-electron chi connectivity index (χ4n) is 2.13. The average Bonchev–Trinajstić information content (AvgIpc) is 2.61. The summed E-state index contributed by atoms with van der Waals surface area (Å²) in [6, 6.07) is -0.118. The van der Waals surface area contributed by atoms with E-state index in [4.69, 9.17) is 10.2 Å². The van der Waals surface area contributed by atoms with Crippen molar-refractivity contribution in [2.75, 3.05) is 52.9 Å². The van der Waals surface area contributed by atoms with Gasteiger partial charge in [-0.2, -0.15) is 0 Å². The van der Waals surface area contributed by atoms with Crippen molar-refractivity contribution >= 4 is 12.0 Å². The van der Waals surface area contributed by atoms with Crippen LogP contribution in [0.25, 0.3) is 0 Å². The van der Waals surface area contributed by atoms with Crippen molar-refractivity contribution in [3.05, 3.63) is 0 Å². The molecule has 7 nitrogen and oxygen atoms in total. The van der Waals surface area contributed by atoms with Crippen LogP contribution in [0.15, 0.2) is 0 Å². The number of carboxylic acid groups (broad SMARTS) is 1. The topological polar surface area (TPSA) is 84.3 Å². The molecule has 1 heterocycles. The highest BCUT2D eigenvalue weighted by molar-refractivity contribution is 5.75. The number of amides is 2. The van der Waals surface area contributed by atoms with Crippen molar-refractivity contribution in [3.63, 3.8) is 0 Å². The minimum absolute atomic E-state index is 0.0350. The molecule has 7 heteroatoms. The van der Waals surface area contributed by atoms with Gasteiger partial charge in [0.15, 0.2) is 0 Å². The highest BCUT2D eigenvalue weighted by Gasteiger charge is 2.21. The molecule has 0 radical (unpaired) electrons. The van der Waals surface area contributed by atoms with Crippen molar-refractivity contribution in [2.45, 2.75) is 12.8 Å². The van der Waals surface area contributed by atoms with Gasteiger partial charge in [0.1, 0.15) is 0 Å². The van der Waals surface area contributed by atoms with Crippen molar-refractivity contribution < 1.29 is 19.8 Å². The van der Waals surface area contributed by atoms with Crippen molar-refractivity contribution in [1.29, 1.82) is 0 Å². The van der Waals surface area contributed by atoms with Crippen LogP contribution in [0, 0.1) is 0 Å². The van der Waals surface area contributed by atoms with E-state index >= 15 is 0 Å². The van der Waals surface area contributed by atoms with Crippen LogP contribution in [0.2, 0.25) is 0 Å². The number of aliphatic hydroxyl groups excluding tert-OH is 1. The summed E-state index contributed by atoms with van der Waals surface area (Å²) in [4.78, 5) is 27.9. The van der Waals surface area contributed by atoms with Crippen molar-refractivity contribution in [3.8, 4) is 0 Å². The van der Waals surface area contributed by atoms with E-state index in [2.05, 4.69) is 4.90 Å². The fourth-order valence-corrected chi connectivity index (χ4v) is 2.13. The van der Waals surface area contributed by atoms with E-state index in [1.807, 2.05) is 0 Å². The highest BCUT2D eigenvalue weighted by Crippen LogP contribution is 2.06. The summed E-state index contributed by atoms with van der Waals surface area (Å²) in [6.45, 7) is 3.92. The van der Waals surface area contributed by atoms with E-state index in [0.717, 1.165) is 19.5 Å². The molecular weight excluding hydrogens is 250 g/mol. The lowest BCUT2D eigenvalue weighted by atomic mass is 10.4. The number of urea groups is 1. The van der Waals surface area contributed by atoms with E-state index in [-0.39, 0.29) is 25.6 Å². The molecule has 0 unspecified atom stereocenters. The van der Waals surface area contributed by atoms with E-state index in [1.165, 1.54) is 4.90 Å². The molecule has 0 aromatic carbocycles. The molecule has 0 atom stereocenters. The second-order valence-electron chi connectivity index (χ2n) is 4.75. The van der Waals surface area contributed by atoms with Gasteiger partial charge in [0.2, 0.25) is 0 Å². The Morgan fingerprint density at radius 3 is 2.58 bits per heavy atom. The lowest BCUT2D eigenvalue weighted by molar-refractivity contribution is -0.137. The number of hydrogen-bond acceptors (Lipinski definition) is 4. The third kappa shape index (κ3) is 5.44. The molecule has 1 rings (SSSR count). The van der Waals surface area contributed by atoms with Crippen molar-refractivity contribution in [2.24, 2.45) is 0 Å². The Morgan fingerprint density at radius 2 is 1.95 bits per heavy atom. The number of rotatable bonds is 5. The minimum Gasteiger partial charge on any atom is -0.481 e. The molecular formula is C12H23N3O4. The van der Waals surface area contributed by atoms with Crippen LogP contribution in [-0.2, 0) is 4.79 Å². The predicted molar refractivity (Wildman–Crippen MR) is 70.0 cm³/mol. The second kappa shape index (κ2) is 7.96. The molecule has 1 fully saturated rings. The zero-order valence-electron chi connectivity index (χ0n) is 11.4. The van der Waals surface area contributed by atoms with Crippen LogP contribution in [0.3, 0.4) is 0 Å². The Balaban J connectivity index is 2.41. The molecule has 2 N–H and O–H groups in total. The highest BCUT2D eigenvalue weighted by atomic mass is 16.4. The molecule has 0 aromatic heterocycles. The fraction of sp³-hybridized carbons (Fsp3) is 0.833. The van der Waals surface area contributed by atoms with Crippen LogP contribution in [0.4, 0.5) is 4.79 Å². The number of carbonyl (C=O) groups excluding carboxylic acids is 1. The van der Waals surface area contributed by atoms with Crippen LogP contribution < -0.4 is 0 Å². The van der Waals surface area contributed by atoms with Gasteiger partial charge in [-0.05, 0) is 13.0 Å².